The summed E-state index contributed by atoms with van der Waals surface area (Å²) >= 11 is 0. The van der Waals surface area contributed by atoms with Crippen molar-refractivity contribution in [3.8, 4) is 44.5 Å². The van der Waals surface area contributed by atoms with Crippen molar-refractivity contribution >= 4 is 49.8 Å². The van der Waals surface area contributed by atoms with Gasteiger partial charge < -0.3 is 9.32 Å². The lowest BCUT2D eigenvalue weighted by molar-refractivity contribution is 0.669. The molecule has 54 heavy (non-hydrogen) atoms. The lowest BCUT2D eigenvalue weighted by Gasteiger charge is -2.30. The summed E-state index contributed by atoms with van der Waals surface area (Å²) in [7, 11) is 0. The predicted octanol–water partition coefficient (Wildman–Crippen LogP) is 14.9. The smallest absolute Gasteiger partial charge is 0.136 e. The molecule has 0 amide bonds. The Bertz CT molecular complexity index is 2930. The van der Waals surface area contributed by atoms with E-state index in [9.17, 15) is 0 Å². The van der Waals surface area contributed by atoms with Crippen LogP contribution in [0.25, 0.3) is 77.2 Å². The zero-order valence-electron chi connectivity index (χ0n) is 29.6. The maximum Gasteiger partial charge on any atom is 0.136 e. The normalized spacial score (nSPS) is 11.3. The molecule has 0 aliphatic rings. The molecule has 9 aromatic carbocycles. The second kappa shape index (κ2) is 13.4. The van der Waals surface area contributed by atoms with Crippen molar-refractivity contribution in [2.24, 2.45) is 0 Å². The number of hydrogen-bond acceptors (Lipinski definition) is 2. The van der Waals surface area contributed by atoms with Gasteiger partial charge in [-0.2, -0.15) is 0 Å². The Morgan fingerprint density at radius 1 is 0.296 bits per heavy atom. The Kier molecular flexibility index (Phi) is 7.85. The van der Waals surface area contributed by atoms with E-state index in [2.05, 4.69) is 205 Å². The molecule has 0 aliphatic carbocycles. The maximum atomic E-state index is 6.25. The monoisotopic (exact) mass is 689 g/mol. The fraction of sp³-hybridized carbons (Fsp3) is 0. The van der Waals surface area contributed by atoms with E-state index in [0.29, 0.717) is 0 Å². The van der Waals surface area contributed by atoms with Crippen LogP contribution in [0, 0.1) is 0 Å². The summed E-state index contributed by atoms with van der Waals surface area (Å²) in [6.45, 7) is 0. The first-order valence-electron chi connectivity index (χ1n) is 18.4. The Morgan fingerprint density at radius 3 is 1.63 bits per heavy atom. The van der Waals surface area contributed by atoms with E-state index in [1.807, 2.05) is 12.1 Å². The number of fused-ring (bicyclic) bond motifs is 4. The first-order valence-corrected chi connectivity index (χ1v) is 18.4. The SMILES string of the molecule is c1ccc(-c2ccccc2N(c2ccc(-c3ccc4c(c3)oc3ccccc34)cc2)c2ccccc2-c2cccc(-c3cccc4ccccc34)c2)cc1. The van der Waals surface area contributed by atoms with Gasteiger partial charge in [0.05, 0.1) is 11.4 Å². The first kappa shape index (κ1) is 31.6. The van der Waals surface area contributed by atoms with Gasteiger partial charge in [0.2, 0.25) is 0 Å². The van der Waals surface area contributed by atoms with Gasteiger partial charge in [0, 0.05) is 27.6 Å². The van der Waals surface area contributed by atoms with Crippen molar-refractivity contribution in [2.75, 3.05) is 4.90 Å². The van der Waals surface area contributed by atoms with Gasteiger partial charge in [-0.05, 0) is 92.7 Å². The van der Waals surface area contributed by atoms with Crippen molar-refractivity contribution < 1.29 is 4.42 Å². The number of benzene rings is 9. The minimum atomic E-state index is 0.899. The van der Waals surface area contributed by atoms with Crippen LogP contribution in [0.15, 0.2) is 217 Å². The number of anilines is 3. The van der Waals surface area contributed by atoms with E-state index in [1.54, 1.807) is 0 Å². The number of hydrogen-bond donors (Lipinski definition) is 0. The van der Waals surface area contributed by atoms with Crippen LogP contribution in [0.4, 0.5) is 17.1 Å². The van der Waals surface area contributed by atoms with E-state index in [0.717, 1.165) is 66.8 Å². The van der Waals surface area contributed by atoms with Gasteiger partial charge in [-0.1, -0.05) is 164 Å². The fourth-order valence-electron chi connectivity index (χ4n) is 7.89. The standard InChI is InChI=1S/C52H35NO/c1-2-14-38(15-3-1)45-21-6-9-25-49(45)53(42-31-28-36(29-32-42)39-30-33-48-47-23-8-11-27-51(47)54-52(48)35-39)50-26-10-7-22-46(50)41-19-12-18-40(34-41)44-24-13-17-37-16-4-5-20-43(37)44/h1-35H. The quantitative estimate of drug-likeness (QED) is 0.166. The van der Waals surface area contributed by atoms with Crippen LogP contribution >= 0.6 is 0 Å². The molecular formula is C52H35NO. The van der Waals surface area contributed by atoms with E-state index in [4.69, 9.17) is 4.42 Å². The summed E-state index contributed by atoms with van der Waals surface area (Å²) in [6.07, 6.45) is 0. The molecule has 1 aromatic heterocycles. The van der Waals surface area contributed by atoms with Crippen LogP contribution < -0.4 is 4.90 Å². The summed E-state index contributed by atoms with van der Waals surface area (Å²) in [6, 6.07) is 76.0. The van der Waals surface area contributed by atoms with E-state index in [-0.39, 0.29) is 0 Å². The topological polar surface area (TPSA) is 16.4 Å². The number of para-hydroxylation sites is 3. The van der Waals surface area contributed by atoms with Gasteiger partial charge in [0.25, 0.3) is 0 Å². The molecule has 0 saturated carbocycles. The van der Waals surface area contributed by atoms with Crippen LogP contribution in [0.1, 0.15) is 0 Å². The third-order valence-electron chi connectivity index (χ3n) is 10.5. The third kappa shape index (κ3) is 5.62. The van der Waals surface area contributed by atoms with Crippen LogP contribution in [0.2, 0.25) is 0 Å². The van der Waals surface area contributed by atoms with Gasteiger partial charge in [-0.25, -0.2) is 0 Å². The first-order chi connectivity index (χ1) is 26.8. The molecule has 10 rings (SSSR count). The maximum absolute atomic E-state index is 6.25. The number of rotatable bonds is 7. The van der Waals surface area contributed by atoms with Gasteiger partial charge in [-0.15, -0.1) is 0 Å². The lowest BCUT2D eigenvalue weighted by Crippen LogP contribution is -2.12. The second-order valence-electron chi connectivity index (χ2n) is 13.7. The van der Waals surface area contributed by atoms with E-state index in [1.165, 1.54) is 27.5 Å². The van der Waals surface area contributed by atoms with Gasteiger partial charge >= 0.3 is 0 Å². The summed E-state index contributed by atoms with van der Waals surface area (Å²) in [4.78, 5) is 2.41. The highest BCUT2D eigenvalue weighted by Gasteiger charge is 2.21. The fourth-order valence-corrected chi connectivity index (χ4v) is 7.89. The molecule has 1 heterocycles. The highest BCUT2D eigenvalue weighted by Crippen LogP contribution is 2.45. The molecule has 0 saturated heterocycles. The molecule has 0 aliphatic heterocycles. The number of nitrogens with zero attached hydrogens (tertiary/aromatic N) is 1. The van der Waals surface area contributed by atoms with Crippen molar-refractivity contribution in [1.29, 1.82) is 0 Å². The van der Waals surface area contributed by atoms with E-state index >= 15 is 0 Å². The molecule has 0 fully saturated rings. The third-order valence-corrected chi connectivity index (χ3v) is 10.5. The Balaban J connectivity index is 1.12. The molecule has 0 N–H and O–H groups in total. The van der Waals surface area contributed by atoms with Crippen LogP contribution in [0.5, 0.6) is 0 Å². The Labute approximate surface area is 314 Å². The molecule has 0 unspecified atom stereocenters. The van der Waals surface area contributed by atoms with Gasteiger partial charge in [-0.3, -0.25) is 0 Å². The Hall–Kier alpha value is -7.16. The summed E-state index contributed by atoms with van der Waals surface area (Å²) in [5, 5.41) is 4.77. The highest BCUT2D eigenvalue weighted by atomic mass is 16.3. The van der Waals surface area contributed by atoms with Crippen molar-refractivity contribution in [3.63, 3.8) is 0 Å². The van der Waals surface area contributed by atoms with Crippen LogP contribution in [0.3, 0.4) is 0 Å². The molecule has 0 spiro atoms. The molecule has 0 atom stereocenters. The van der Waals surface area contributed by atoms with Crippen LogP contribution in [-0.2, 0) is 0 Å². The molecule has 10 aromatic rings. The molecule has 254 valence electrons. The van der Waals surface area contributed by atoms with E-state index < -0.39 is 0 Å². The van der Waals surface area contributed by atoms with Crippen molar-refractivity contribution in [1.82, 2.24) is 0 Å². The summed E-state index contributed by atoms with van der Waals surface area (Å²) < 4.78 is 6.25. The largest absolute Gasteiger partial charge is 0.456 e. The van der Waals surface area contributed by atoms with Gasteiger partial charge in [0.1, 0.15) is 11.2 Å². The highest BCUT2D eigenvalue weighted by molar-refractivity contribution is 6.06. The Morgan fingerprint density at radius 2 is 0.833 bits per heavy atom. The van der Waals surface area contributed by atoms with Crippen molar-refractivity contribution in [2.45, 2.75) is 0 Å². The minimum Gasteiger partial charge on any atom is -0.456 e. The summed E-state index contributed by atoms with van der Waals surface area (Å²) in [5.41, 5.74) is 14.4. The molecule has 0 bridgehead atoms. The molecule has 2 heteroatoms. The lowest BCUT2D eigenvalue weighted by atomic mass is 9.94. The minimum absolute atomic E-state index is 0.899. The predicted molar refractivity (Wildman–Crippen MR) is 228 cm³/mol. The molecule has 0 radical (unpaired) electrons. The zero-order chi connectivity index (χ0) is 35.8. The average molecular weight is 690 g/mol. The molecular weight excluding hydrogens is 655 g/mol. The molecule has 2 nitrogen and oxygen atoms in total. The van der Waals surface area contributed by atoms with Crippen LogP contribution in [-0.4, -0.2) is 0 Å². The van der Waals surface area contributed by atoms with Crippen molar-refractivity contribution in [3.05, 3.63) is 212 Å². The van der Waals surface area contributed by atoms with Gasteiger partial charge in [0.15, 0.2) is 0 Å². The number of furan rings is 1. The average Bonchev–Trinajstić information content (AvgIpc) is 3.63. The second-order valence-corrected chi connectivity index (χ2v) is 13.7. The zero-order valence-corrected chi connectivity index (χ0v) is 29.6. The summed E-state index contributed by atoms with van der Waals surface area (Å²) in [5.74, 6) is 0.